The number of nitrogens with two attached hydrogens (primary N) is 1. The average Bonchev–Trinajstić information content (AvgIpc) is 3.26. The van der Waals surface area contributed by atoms with Crippen molar-refractivity contribution in [3.8, 4) is 11.5 Å². The number of hydrogen-bond donors (Lipinski definition) is 5. The Bertz CT molecular complexity index is 1620. The Morgan fingerprint density at radius 1 is 0.578 bits per heavy atom. The molecule has 0 saturated heterocycles. The van der Waals surface area contributed by atoms with Crippen molar-refractivity contribution in [3.63, 3.8) is 0 Å². The summed E-state index contributed by atoms with van der Waals surface area (Å²) >= 11 is 0. The predicted molar refractivity (Wildman–Crippen MR) is 247 cm³/mol. The van der Waals surface area contributed by atoms with Crippen LogP contribution < -0.4 is 36.5 Å². The van der Waals surface area contributed by atoms with E-state index in [9.17, 15) is 19.2 Å². The molecule has 6 N–H and O–H groups in total. The monoisotopic (exact) mass is 901 g/mol. The molecule has 2 unspecified atom stereocenters. The highest BCUT2D eigenvalue weighted by molar-refractivity contribution is 5.86. The van der Waals surface area contributed by atoms with Crippen LogP contribution in [0.15, 0.2) is 53.6 Å². The lowest BCUT2D eigenvalue weighted by Crippen LogP contribution is -2.44. The van der Waals surface area contributed by atoms with Gasteiger partial charge in [-0.25, -0.2) is 0 Å². The molecule has 64 heavy (non-hydrogen) atoms. The van der Waals surface area contributed by atoms with Gasteiger partial charge in [-0.1, -0.05) is 84.8 Å². The molecule has 2 atom stereocenters. The summed E-state index contributed by atoms with van der Waals surface area (Å²) in [5.74, 6) is 1.10. The van der Waals surface area contributed by atoms with E-state index in [0.29, 0.717) is 103 Å². The van der Waals surface area contributed by atoms with Crippen LogP contribution in [-0.4, -0.2) is 140 Å². The molecule has 0 aliphatic carbocycles. The van der Waals surface area contributed by atoms with E-state index in [1.54, 1.807) is 12.1 Å². The minimum absolute atomic E-state index is 0.0211. The van der Waals surface area contributed by atoms with Gasteiger partial charge in [0.15, 0.2) is 24.8 Å². The van der Waals surface area contributed by atoms with Crippen molar-refractivity contribution in [2.75, 3.05) is 92.2 Å². The van der Waals surface area contributed by atoms with E-state index in [-0.39, 0.29) is 72.6 Å². The molecule has 0 aromatic heterocycles. The number of ether oxygens (including phenoxy) is 6. The molecule has 18 heteroatoms. The van der Waals surface area contributed by atoms with Crippen LogP contribution in [0.25, 0.3) is 10.4 Å². The highest BCUT2D eigenvalue weighted by Gasteiger charge is 2.23. The van der Waals surface area contributed by atoms with E-state index in [2.05, 4.69) is 31.3 Å². The van der Waals surface area contributed by atoms with Gasteiger partial charge in [-0.3, -0.25) is 19.2 Å². The van der Waals surface area contributed by atoms with Gasteiger partial charge in [-0.15, -0.1) is 0 Å². The molecule has 0 spiro atoms. The smallest absolute Gasteiger partial charge is 0.258 e. The van der Waals surface area contributed by atoms with E-state index in [0.717, 1.165) is 11.1 Å². The number of nitrogens with zero attached hydrogens (tertiary/aromatic N) is 3. The van der Waals surface area contributed by atoms with Crippen molar-refractivity contribution in [1.82, 2.24) is 21.3 Å². The van der Waals surface area contributed by atoms with Crippen LogP contribution in [0.1, 0.15) is 66.5 Å². The number of carbonyl (C=O) groups is 4. The van der Waals surface area contributed by atoms with Crippen molar-refractivity contribution >= 4 is 23.4 Å². The lowest BCUT2D eigenvalue weighted by atomic mass is 9.95. The van der Waals surface area contributed by atoms with E-state index >= 15 is 0 Å². The molecule has 2 rings (SSSR count). The number of ketones is 2. The maximum atomic E-state index is 12.5. The first-order valence-electron chi connectivity index (χ1n) is 22.2. The van der Waals surface area contributed by atoms with Crippen LogP contribution in [0.4, 0.5) is 0 Å². The van der Waals surface area contributed by atoms with Crippen LogP contribution in [0, 0.1) is 11.8 Å². The molecule has 0 bridgehead atoms. The number of benzene rings is 2. The summed E-state index contributed by atoms with van der Waals surface area (Å²) in [6, 6.07) is 14.9. The van der Waals surface area contributed by atoms with E-state index in [4.69, 9.17) is 39.7 Å². The van der Waals surface area contributed by atoms with Crippen LogP contribution in [-0.2, 0) is 51.0 Å². The van der Waals surface area contributed by atoms with Gasteiger partial charge in [0.25, 0.3) is 11.8 Å². The van der Waals surface area contributed by atoms with Crippen LogP contribution in [0.5, 0.6) is 11.5 Å². The third-order valence-electron chi connectivity index (χ3n) is 8.90. The Morgan fingerprint density at radius 3 is 1.30 bits per heavy atom. The Hall–Kier alpha value is -4.65. The fourth-order valence-corrected chi connectivity index (χ4v) is 5.81. The zero-order valence-electron chi connectivity index (χ0n) is 39.4. The normalized spacial score (nSPS) is 12.0. The van der Waals surface area contributed by atoms with Crippen molar-refractivity contribution < 1.29 is 47.6 Å². The van der Waals surface area contributed by atoms with Gasteiger partial charge < -0.3 is 55.4 Å². The largest absolute Gasteiger partial charge is 0.484 e. The molecule has 0 aliphatic rings. The van der Waals surface area contributed by atoms with E-state index in [1.807, 2.05) is 91.8 Å². The van der Waals surface area contributed by atoms with Gasteiger partial charge in [0.1, 0.15) is 11.5 Å². The van der Waals surface area contributed by atoms with Gasteiger partial charge in [0.05, 0.1) is 64.9 Å². The zero-order valence-corrected chi connectivity index (χ0v) is 39.4. The van der Waals surface area contributed by atoms with Crippen molar-refractivity contribution in [2.24, 2.45) is 22.7 Å². The summed E-state index contributed by atoms with van der Waals surface area (Å²) in [6.45, 7) is 20.6. The number of Topliss-reactive ketones (excluding diaryl/α,β-unsaturated/α-hetero) is 2. The Labute approximate surface area is 380 Å². The van der Waals surface area contributed by atoms with Crippen LogP contribution >= 0.6 is 0 Å². The maximum Gasteiger partial charge on any atom is 0.258 e. The fraction of sp³-hybridized carbons (Fsp3) is 0.652. The Balaban J connectivity index is 0.000000641. The highest BCUT2D eigenvalue weighted by Crippen LogP contribution is 2.17. The molecule has 0 saturated carbocycles. The van der Waals surface area contributed by atoms with Crippen molar-refractivity contribution in [2.45, 2.75) is 92.4 Å². The highest BCUT2D eigenvalue weighted by atomic mass is 16.5. The molecule has 18 nitrogen and oxygen atoms in total. The molecule has 0 radical (unpaired) electrons. The van der Waals surface area contributed by atoms with Gasteiger partial charge in [0.2, 0.25) is 0 Å². The molecule has 2 aromatic rings. The quantitative estimate of drug-likeness (QED) is 0.0285. The average molecular weight is 901 g/mol. The number of amides is 2. The number of hydrogen-bond acceptors (Lipinski definition) is 14. The number of nitrogens with one attached hydrogen (secondary N) is 4. The fourth-order valence-electron chi connectivity index (χ4n) is 5.81. The second-order valence-corrected chi connectivity index (χ2v) is 16.0. The molecule has 0 aliphatic heterocycles. The summed E-state index contributed by atoms with van der Waals surface area (Å²) < 4.78 is 32.1. The van der Waals surface area contributed by atoms with Crippen molar-refractivity contribution in [3.05, 3.63) is 70.1 Å². The van der Waals surface area contributed by atoms with E-state index in [1.165, 1.54) is 0 Å². The first-order chi connectivity index (χ1) is 30.7. The number of azide groups is 1. The van der Waals surface area contributed by atoms with Gasteiger partial charge in [-0.05, 0) is 53.8 Å². The molecular weight excluding hydrogens is 825 g/mol. The van der Waals surface area contributed by atoms with Crippen molar-refractivity contribution in [1.29, 1.82) is 0 Å². The lowest BCUT2D eigenvalue weighted by molar-refractivity contribution is -0.124. The topological polar surface area (TPSA) is 247 Å². The number of carbonyl (C=O) groups excluding carboxylic acids is 4. The number of rotatable bonds is 35. The molecule has 2 amide bonds. The van der Waals surface area contributed by atoms with E-state index < -0.39 is 0 Å². The third-order valence-corrected chi connectivity index (χ3v) is 8.90. The summed E-state index contributed by atoms with van der Waals surface area (Å²) in [7, 11) is 0. The maximum absolute atomic E-state index is 12.5. The Kier molecular flexibility index (Phi) is 32.0. The standard InChI is InChI=1S/C23H37N5O5.C23H39N3O5/c1-17(2)23(30)21(27-18(3)4)15-19-5-7-20(8-6-19)33-16-22(29)25-9-11-31-13-14-32-12-10-26-28-24;1-17(2)23(28)21(26-18(3)4)15-19-5-7-20(8-6-19)31-16-22(27)25-10-12-30-14-13-29-11-9-24/h5-8,17-18,21,27H,9-16H2,1-4H3,(H,25,29);5-8,17-18,21,26H,9-16,24H2,1-4H3,(H,25,27). The molecule has 360 valence electrons. The third kappa shape index (κ3) is 28.9. The summed E-state index contributed by atoms with van der Waals surface area (Å²) in [5.41, 5.74) is 15.5. The van der Waals surface area contributed by atoms with Crippen LogP contribution in [0.2, 0.25) is 0 Å². The second kappa shape index (κ2) is 35.7. The zero-order chi connectivity index (χ0) is 47.5. The summed E-state index contributed by atoms with van der Waals surface area (Å²) in [4.78, 5) is 51.3. The second-order valence-electron chi connectivity index (χ2n) is 16.0. The molecule has 2 aromatic carbocycles. The summed E-state index contributed by atoms with van der Waals surface area (Å²) in [6.07, 6.45) is 1.22. The van der Waals surface area contributed by atoms with Gasteiger partial charge in [-0.2, -0.15) is 0 Å². The molecular formula is C46H76N8O10. The first-order valence-corrected chi connectivity index (χ1v) is 22.2. The molecule has 0 heterocycles. The SMILES string of the molecule is CC(C)NC(Cc1ccc(OCC(=O)NCCOCCOCCN)cc1)C(=O)C(C)C.CC(C)NC(Cc1ccc(OCC(=O)NCCOCCOCCN=[N+]=[N-])cc1)C(=O)C(C)C. The predicted octanol–water partition coefficient (Wildman–Crippen LogP) is 3.97. The van der Waals surface area contributed by atoms with Gasteiger partial charge in [0, 0.05) is 55.0 Å². The molecule has 0 fully saturated rings. The minimum atomic E-state index is -0.239. The minimum Gasteiger partial charge on any atom is -0.484 e. The van der Waals surface area contributed by atoms with Gasteiger partial charge >= 0.3 is 0 Å². The van der Waals surface area contributed by atoms with Crippen LogP contribution in [0.3, 0.4) is 0 Å². The Morgan fingerprint density at radius 2 is 0.953 bits per heavy atom. The lowest BCUT2D eigenvalue weighted by Gasteiger charge is -2.22. The summed E-state index contributed by atoms with van der Waals surface area (Å²) in [5, 5.41) is 15.5. The first kappa shape index (κ1) is 57.4.